The van der Waals surface area contributed by atoms with E-state index < -0.39 is 23.7 Å². The minimum atomic E-state index is -1.10. The minimum absolute atomic E-state index is 0.0243. The minimum Gasteiger partial charge on any atom is -0.386 e. The molecule has 176 valence electrons. The molecular weight excluding hydrogens is 432 g/mol. The van der Waals surface area contributed by atoms with E-state index in [9.17, 15) is 9.90 Å². The lowest BCUT2D eigenvalue weighted by Gasteiger charge is -2.45. The fourth-order valence-corrected chi connectivity index (χ4v) is 4.52. The Kier molecular flexibility index (Phi) is 5.76. The number of aliphatic hydroxyl groups is 1. The van der Waals surface area contributed by atoms with Gasteiger partial charge in [0.2, 0.25) is 0 Å². The molecule has 0 bridgehead atoms. The van der Waals surface area contributed by atoms with E-state index in [1.54, 1.807) is 25.4 Å². The molecule has 4 atom stereocenters. The third-order valence-electron chi connectivity index (χ3n) is 6.69. The van der Waals surface area contributed by atoms with Gasteiger partial charge in [0.1, 0.15) is 5.60 Å². The van der Waals surface area contributed by atoms with Crippen molar-refractivity contribution in [3.05, 3.63) is 66.2 Å². The molecule has 0 radical (unpaired) electrons. The van der Waals surface area contributed by atoms with Crippen LogP contribution in [0.2, 0.25) is 0 Å². The van der Waals surface area contributed by atoms with E-state index in [0.29, 0.717) is 23.7 Å². The van der Waals surface area contributed by atoms with Crippen molar-refractivity contribution < 1.29 is 14.6 Å². The fourth-order valence-electron chi connectivity index (χ4n) is 4.52. The van der Waals surface area contributed by atoms with Crippen LogP contribution in [0.15, 0.2) is 55.0 Å². The summed E-state index contributed by atoms with van der Waals surface area (Å²) in [6.45, 7) is 1.74. The maximum Gasteiger partial charge on any atom is 0.278 e. The second-order valence-corrected chi connectivity index (χ2v) is 9.22. The first-order valence-electron chi connectivity index (χ1n) is 11.4. The van der Waals surface area contributed by atoms with Crippen molar-refractivity contribution in [1.82, 2.24) is 15.0 Å². The zero-order valence-electron chi connectivity index (χ0n) is 18.9. The van der Waals surface area contributed by atoms with Crippen LogP contribution in [0.4, 0.5) is 11.5 Å². The molecule has 1 saturated heterocycles. The summed E-state index contributed by atoms with van der Waals surface area (Å²) < 4.78 is 6.35. The molecule has 2 aliphatic rings. The van der Waals surface area contributed by atoms with Gasteiger partial charge in [0.05, 0.1) is 36.0 Å². The molecule has 34 heavy (non-hydrogen) atoms. The number of nitrogen functional groups attached to an aromatic ring is 1. The quantitative estimate of drug-likeness (QED) is 0.454. The molecule has 1 aliphatic carbocycles. The number of rotatable bonds is 5. The topological polar surface area (TPSA) is 149 Å². The SMILES string of the molecule is C[C@]1(O)C(C2CC2)O[C@H](c2ccncc2NC(=O)c2nc(-c3ccccc3)cnc2N)C[C@@H]1N. The van der Waals surface area contributed by atoms with Crippen molar-refractivity contribution in [3.8, 4) is 11.3 Å². The third kappa shape index (κ3) is 4.25. The third-order valence-corrected chi connectivity index (χ3v) is 6.69. The molecule has 1 aliphatic heterocycles. The maximum atomic E-state index is 13.2. The van der Waals surface area contributed by atoms with Crippen LogP contribution in [-0.2, 0) is 4.74 Å². The highest BCUT2D eigenvalue weighted by molar-refractivity contribution is 6.06. The van der Waals surface area contributed by atoms with Gasteiger partial charge < -0.3 is 26.6 Å². The van der Waals surface area contributed by atoms with Gasteiger partial charge in [0.25, 0.3) is 5.91 Å². The summed E-state index contributed by atoms with van der Waals surface area (Å²) in [5, 5.41) is 13.8. The van der Waals surface area contributed by atoms with E-state index in [-0.39, 0.29) is 17.6 Å². The van der Waals surface area contributed by atoms with Gasteiger partial charge in [-0.15, -0.1) is 0 Å². The van der Waals surface area contributed by atoms with Crippen molar-refractivity contribution in [2.45, 2.75) is 50.0 Å². The molecule has 3 heterocycles. The van der Waals surface area contributed by atoms with Crippen molar-refractivity contribution in [2.24, 2.45) is 11.7 Å². The van der Waals surface area contributed by atoms with Gasteiger partial charge in [0, 0.05) is 23.4 Å². The van der Waals surface area contributed by atoms with Gasteiger partial charge in [-0.05, 0) is 38.2 Å². The molecule has 1 aromatic carbocycles. The lowest BCUT2D eigenvalue weighted by atomic mass is 9.80. The molecule has 0 spiro atoms. The van der Waals surface area contributed by atoms with Gasteiger partial charge in [-0.3, -0.25) is 9.78 Å². The summed E-state index contributed by atoms with van der Waals surface area (Å²) in [5.74, 6) is -0.175. The molecule has 1 saturated carbocycles. The van der Waals surface area contributed by atoms with Crippen LogP contribution >= 0.6 is 0 Å². The normalized spacial score (nSPS) is 26.7. The Balaban J connectivity index is 1.41. The number of nitrogens with two attached hydrogens (primary N) is 2. The molecule has 9 heteroatoms. The Morgan fingerprint density at radius 1 is 1.21 bits per heavy atom. The molecule has 1 amide bonds. The highest BCUT2D eigenvalue weighted by Crippen LogP contribution is 2.47. The Bertz CT molecular complexity index is 1200. The molecule has 3 aromatic rings. The fraction of sp³-hybridized carbons (Fsp3) is 0.360. The van der Waals surface area contributed by atoms with E-state index in [1.807, 2.05) is 30.3 Å². The predicted octanol–water partition coefficient (Wildman–Crippen LogP) is 2.69. The van der Waals surface area contributed by atoms with E-state index >= 15 is 0 Å². The van der Waals surface area contributed by atoms with Gasteiger partial charge in [0.15, 0.2) is 11.5 Å². The Morgan fingerprint density at radius 2 is 1.97 bits per heavy atom. The number of ether oxygens (including phenoxy) is 1. The number of pyridine rings is 1. The molecule has 1 unspecified atom stereocenters. The van der Waals surface area contributed by atoms with E-state index in [4.69, 9.17) is 16.2 Å². The van der Waals surface area contributed by atoms with Crippen LogP contribution in [0.5, 0.6) is 0 Å². The van der Waals surface area contributed by atoms with Crippen LogP contribution in [-0.4, -0.2) is 43.7 Å². The van der Waals surface area contributed by atoms with Crippen LogP contribution in [0.25, 0.3) is 11.3 Å². The summed E-state index contributed by atoms with van der Waals surface area (Å²) in [6, 6.07) is 10.8. The number of amides is 1. The van der Waals surface area contributed by atoms with Gasteiger partial charge in [-0.2, -0.15) is 0 Å². The average molecular weight is 461 g/mol. The maximum absolute atomic E-state index is 13.2. The second kappa shape index (κ2) is 8.75. The Hall–Kier alpha value is -3.40. The highest BCUT2D eigenvalue weighted by atomic mass is 16.5. The average Bonchev–Trinajstić information content (AvgIpc) is 3.67. The number of hydrogen-bond acceptors (Lipinski definition) is 8. The van der Waals surface area contributed by atoms with Gasteiger partial charge in [-0.25, -0.2) is 9.97 Å². The lowest BCUT2D eigenvalue weighted by molar-refractivity contribution is -0.186. The summed E-state index contributed by atoms with van der Waals surface area (Å²) in [7, 11) is 0. The van der Waals surface area contributed by atoms with Crippen molar-refractivity contribution in [1.29, 1.82) is 0 Å². The van der Waals surface area contributed by atoms with Crippen LogP contribution in [0.3, 0.4) is 0 Å². The number of nitrogens with one attached hydrogen (secondary N) is 1. The molecule has 6 N–H and O–H groups in total. The first kappa shape index (κ1) is 22.4. The summed E-state index contributed by atoms with van der Waals surface area (Å²) >= 11 is 0. The Labute approximate surface area is 197 Å². The first-order valence-corrected chi connectivity index (χ1v) is 11.4. The molecule has 2 fully saturated rings. The van der Waals surface area contributed by atoms with Crippen molar-refractivity contribution in [2.75, 3.05) is 11.1 Å². The van der Waals surface area contributed by atoms with Crippen LogP contribution in [0.1, 0.15) is 48.3 Å². The van der Waals surface area contributed by atoms with E-state index in [1.165, 1.54) is 6.20 Å². The number of aromatic nitrogens is 3. The zero-order valence-corrected chi connectivity index (χ0v) is 18.9. The Morgan fingerprint density at radius 3 is 2.71 bits per heavy atom. The number of anilines is 2. The van der Waals surface area contributed by atoms with Gasteiger partial charge in [-0.1, -0.05) is 30.3 Å². The largest absolute Gasteiger partial charge is 0.386 e. The van der Waals surface area contributed by atoms with Crippen molar-refractivity contribution in [3.63, 3.8) is 0 Å². The first-order chi connectivity index (χ1) is 16.3. The molecule has 9 nitrogen and oxygen atoms in total. The number of carbonyl (C=O) groups is 1. The molecular formula is C25H28N6O3. The highest BCUT2D eigenvalue weighted by Gasteiger charge is 2.52. The van der Waals surface area contributed by atoms with Crippen molar-refractivity contribution >= 4 is 17.4 Å². The monoisotopic (exact) mass is 460 g/mol. The number of nitrogens with zero attached hydrogens (tertiary/aromatic N) is 3. The van der Waals surface area contributed by atoms with Crippen LogP contribution < -0.4 is 16.8 Å². The summed E-state index contributed by atoms with van der Waals surface area (Å²) in [4.78, 5) is 26.0. The second-order valence-electron chi connectivity index (χ2n) is 9.22. The summed E-state index contributed by atoms with van der Waals surface area (Å²) in [6.07, 6.45) is 6.42. The van der Waals surface area contributed by atoms with E-state index in [0.717, 1.165) is 24.0 Å². The summed E-state index contributed by atoms with van der Waals surface area (Å²) in [5.41, 5.74) is 13.9. The standard InChI is InChI=1S/C25H28N6O3/c1-25(33)20(26)11-19(34-22(25)15-7-8-15)16-9-10-28-12-18(16)31-24(32)21-23(27)29-13-17(30-21)14-5-3-2-4-6-14/h2-6,9-10,12-13,15,19-20,22,33H,7-8,11,26H2,1H3,(H2,27,29)(H,31,32)/t19-,20-,22?,25+/m0/s1. The zero-order chi connectivity index (χ0) is 23.9. The van der Waals surface area contributed by atoms with E-state index in [2.05, 4.69) is 20.3 Å². The lowest BCUT2D eigenvalue weighted by Crippen LogP contribution is -2.60. The predicted molar refractivity (Wildman–Crippen MR) is 128 cm³/mol. The number of hydrogen-bond donors (Lipinski definition) is 4. The number of benzene rings is 1. The van der Waals surface area contributed by atoms with Gasteiger partial charge >= 0.3 is 0 Å². The van der Waals surface area contributed by atoms with Crippen LogP contribution in [0, 0.1) is 5.92 Å². The molecule has 2 aromatic heterocycles. The smallest absolute Gasteiger partial charge is 0.278 e. The number of carbonyl (C=O) groups excluding carboxylic acids is 1. The molecule has 5 rings (SSSR count).